The Morgan fingerprint density at radius 2 is 2.40 bits per heavy atom. The molecule has 1 rings (SSSR count). The third-order valence-corrected chi connectivity index (χ3v) is 2.60. The molecule has 15 heavy (non-hydrogen) atoms. The van der Waals surface area contributed by atoms with Gasteiger partial charge in [-0.25, -0.2) is 4.79 Å². The molecule has 0 aliphatic carbocycles. The monoisotopic (exact) mass is 218 g/mol. The summed E-state index contributed by atoms with van der Waals surface area (Å²) >= 11 is 0. The first-order valence-electron chi connectivity index (χ1n) is 5.20. The Kier molecular flexibility index (Phi) is 4.50. The molecular weight excluding hydrogens is 200 g/mol. The Morgan fingerprint density at radius 3 is 2.93 bits per heavy atom. The second-order valence-electron chi connectivity index (χ2n) is 3.86. The van der Waals surface area contributed by atoms with E-state index in [2.05, 4.69) is 0 Å². The van der Waals surface area contributed by atoms with Crippen LogP contribution in [0.25, 0.3) is 0 Å². The molecule has 5 nitrogen and oxygen atoms in total. The maximum atomic E-state index is 11.2. The average molecular weight is 218 g/mol. The van der Waals surface area contributed by atoms with Crippen LogP contribution < -0.4 is 0 Å². The molecule has 0 radical (unpaired) electrons. The Labute approximate surface area is 89.0 Å². The summed E-state index contributed by atoms with van der Waals surface area (Å²) in [6.07, 6.45) is 1.11. The van der Waals surface area contributed by atoms with Crippen LogP contribution in [-0.2, 0) is 14.3 Å². The molecule has 1 fully saturated rings. The van der Waals surface area contributed by atoms with Gasteiger partial charge in [-0.3, -0.25) is 0 Å². The molecule has 0 aromatic rings. The number of carboxylic acid groups (broad SMARTS) is 1. The van der Waals surface area contributed by atoms with E-state index >= 15 is 0 Å². The number of carboxylic acids is 1. The maximum absolute atomic E-state index is 11.2. The minimum atomic E-state index is -1.12. The molecule has 2 N–H and O–H groups in total. The van der Waals surface area contributed by atoms with E-state index in [1.807, 2.05) is 6.92 Å². The summed E-state index contributed by atoms with van der Waals surface area (Å²) in [5.74, 6) is -0.935. The highest BCUT2D eigenvalue weighted by atomic mass is 16.5. The van der Waals surface area contributed by atoms with Gasteiger partial charge in [0.2, 0.25) is 0 Å². The molecule has 0 spiro atoms. The van der Waals surface area contributed by atoms with Crippen LogP contribution >= 0.6 is 0 Å². The highest BCUT2D eigenvalue weighted by Crippen LogP contribution is 2.29. The van der Waals surface area contributed by atoms with E-state index < -0.39 is 11.6 Å². The van der Waals surface area contributed by atoms with Crippen LogP contribution in [0.4, 0.5) is 0 Å². The van der Waals surface area contributed by atoms with Gasteiger partial charge in [-0.2, -0.15) is 0 Å². The number of aliphatic hydroxyl groups is 1. The van der Waals surface area contributed by atoms with Crippen LogP contribution in [-0.4, -0.2) is 47.7 Å². The summed E-state index contributed by atoms with van der Waals surface area (Å²) in [6.45, 7) is 2.54. The number of aliphatic hydroxyl groups excluding tert-OH is 1. The predicted octanol–water partition coefficient (Wildman–Crippen LogP) is 0.408. The minimum absolute atomic E-state index is 0.0156. The van der Waals surface area contributed by atoms with Gasteiger partial charge in [0.05, 0.1) is 19.3 Å². The Balaban J connectivity index is 2.57. The molecule has 0 amide bonds. The van der Waals surface area contributed by atoms with Crippen LogP contribution in [0, 0.1) is 0 Å². The first kappa shape index (κ1) is 12.4. The van der Waals surface area contributed by atoms with Gasteiger partial charge >= 0.3 is 5.97 Å². The van der Waals surface area contributed by atoms with Crippen molar-refractivity contribution >= 4 is 5.97 Å². The van der Waals surface area contributed by atoms with Crippen molar-refractivity contribution in [1.29, 1.82) is 0 Å². The van der Waals surface area contributed by atoms with Crippen molar-refractivity contribution in [3.8, 4) is 0 Å². The normalized spacial score (nSPS) is 31.5. The summed E-state index contributed by atoms with van der Waals surface area (Å²) < 4.78 is 10.7. The summed E-state index contributed by atoms with van der Waals surface area (Å²) in [4.78, 5) is 11.2. The molecule has 2 unspecified atom stereocenters. The summed E-state index contributed by atoms with van der Waals surface area (Å²) in [5, 5.41) is 17.8. The van der Waals surface area contributed by atoms with Gasteiger partial charge in [-0.15, -0.1) is 0 Å². The third kappa shape index (κ3) is 3.15. The summed E-state index contributed by atoms with van der Waals surface area (Å²) in [5.41, 5.74) is -1.12. The molecule has 0 bridgehead atoms. The van der Waals surface area contributed by atoms with Gasteiger partial charge < -0.3 is 19.7 Å². The first-order valence-corrected chi connectivity index (χ1v) is 5.20. The zero-order valence-electron chi connectivity index (χ0n) is 8.94. The van der Waals surface area contributed by atoms with E-state index in [1.165, 1.54) is 0 Å². The topological polar surface area (TPSA) is 76.0 Å². The molecule has 88 valence electrons. The minimum Gasteiger partial charge on any atom is -0.479 e. The largest absolute Gasteiger partial charge is 0.479 e. The molecule has 2 atom stereocenters. The van der Waals surface area contributed by atoms with E-state index in [-0.39, 0.29) is 19.3 Å². The van der Waals surface area contributed by atoms with Crippen molar-refractivity contribution in [3.63, 3.8) is 0 Å². The Bertz CT molecular complexity index is 218. The second kappa shape index (κ2) is 5.44. The standard InChI is InChI=1S/C10H18O5/c1-8-7-10(9(12)13,3-6-14-8)15-5-2-4-11/h8,11H,2-7H2,1H3,(H,12,13). The Hall–Kier alpha value is -0.650. The number of hydrogen-bond donors (Lipinski definition) is 2. The van der Waals surface area contributed by atoms with Crippen LogP contribution in [0.15, 0.2) is 0 Å². The van der Waals surface area contributed by atoms with Crippen LogP contribution in [0.5, 0.6) is 0 Å². The number of ether oxygens (including phenoxy) is 2. The van der Waals surface area contributed by atoms with Crippen molar-refractivity contribution in [1.82, 2.24) is 0 Å². The smallest absolute Gasteiger partial charge is 0.336 e. The average Bonchev–Trinajstić information content (AvgIpc) is 2.18. The van der Waals surface area contributed by atoms with Gasteiger partial charge in [0.25, 0.3) is 0 Å². The third-order valence-electron chi connectivity index (χ3n) is 2.60. The summed E-state index contributed by atoms with van der Waals surface area (Å²) in [6, 6.07) is 0. The van der Waals surface area contributed by atoms with Crippen molar-refractivity contribution in [3.05, 3.63) is 0 Å². The van der Waals surface area contributed by atoms with Gasteiger partial charge in [-0.05, 0) is 13.3 Å². The fourth-order valence-corrected chi connectivity index (χ4v) is 1.77. The molecule has 0 saturated carbocycles. The van der Waals surface area contributed by atoms with Crippen molar-refractivity contribution in [2.75, 3.05) is 19.8 Å². The molecule has 5 heteroatoms. The quantitative estimate of drug-likeness (QED) is 0.653. The lowest BCUT2D eigenvalue weighted by molar-refractivity contribution is -0.185. The lowest BCUT2D eigenvalue weighted by atomic mass is 9.90. The van der Waals surface area contributed by atoms with Crippen LogP contribution in [0.2, 0.25) is 0 Å². The van der Waals surface area contributed by atoms with E-state index in [0.717, 1.165) is 0 Å². The molecule has 1 heterocycles. The SMILES string of the molecule is CC1CC(OCCCO)(C(=O)O)CCO1. The molecule has 1 aliphatic rings. The zero-order chi connectivity index (χ0) is 11.3. The van der Waals surface area contributed by atoms with Crippen LogP contribution in [0.1, 0.15) is 26.2 Å². The zero-order valence-corrected chi connectivity index (χ0v) is 8.94. The molecule has 0 aromatic heterocycles. The summed E-state index contributed by atoms with van der Waals surface area (Å²) in [7, 11) is 0. The molecule has 0 aromatic carbocycles. The number of aliphatic carboxylic acids is 1. The van der Waals surface area contributed by atoms with Crippen molar-refractivity contribution < 1.29 is 24.5 Å². The lowest BCUT2D eigenvalue weighted by Gasteiger charge is -2.36. The van der Waals surface area contributed by atoms with Gasteiger partial charge in [0.1, 0.15) is 0 Å². The number of rotatable bonds is 5. The highest BCUT2D eigenvalue weighted by molar-refractivity contribution is 5.77. The predicted molar refractivity (Wildman–Crippen MR) is 52.7 cm³/mol. The van der Waals surface area contributed by atoms with E-state index in [4.69, 9.17) is 19.7 Å². The molecule has 1 saturated heterocycles. The van der Waals surface area contributed by atoms with Gasteiger partial charge in [0.15, 0.2) is 5.60 Å². The number of hydrogen-bond acceptors (Lipinski definition) is 4. The maximum Gasteiger partial charge on any atom is 0.336 e. The Morgan fingerprint density at radius 1 is 1.67 bits per heavy atom. The molecule has 1 aliphatic heterocycles. The van der Waals surface area contributed by atoms with Crippen LogP contribution in [0.3, 0.4) is 0 Å². The lowest BCUT2D eigenvalue weighted by Crippen LogP contribution is -2.49. The van der Waals surface area contributed by atoms with E-state index in [0.29, 0.717) is 25.9 Å². The molecular formula is C10H18O5. The van der Waals surface area contributed by atoms with Crippen molar-refractivity contribution in [2.24, 2.45) is 0 Å². The highest BCUT2D eigenvalue weighted by Gasteiger charge is 2.43. The second-order valence-corrected chi connectivity index (χ2v) is 3.86. The number of carbonyl (C=O) groups is 1. The van der Waals surface area contributed by atoms with Crippen molar-refractivity contribution in [2.45, 2.75) is 37.9 Å². The fourth-order valence-electron chi connectivity index (χ4n) is 1.77. The first-order chi connectivity index (χ1) is 7.10. The van der Waals surface area contributed by atoms with E-state index in [1.54, 1.807) is 0 Å². The van der Waals surface area contributed by atoms with Gasteiger partial charge in [-0.1, -0.05) is 0 Å². The fraction of sp³-hybridized carbons (Fsp3) is 0.900. The van der Waals surface area contributed by atoms with E-state index in [9.17, 15) is 4.79 Å². The van der Waals surface area contributed by atoms with Gasteiger partial charge in [0, 0.05) is 19.4 Å².